The molecule has 0 atom stereocenters. The topological polar surface area (TPSA) is 77.8 Å². The van der Waals surface area contributed by atoms with Crippen molar-refractivity contribution in [2.24, 2.45) is 35.5 Å². The van der Waals surface area contributed by atoms with Gasteiger partial charge >= 0.3 is 5.97 Å². The van der Waals surface area contributed by atoms with Crippen molar-refractivity contribution in [3.05, 3.63) is 23.7 Å². The molecule has 0 spiro atoms. The smallest absolute Gasteiger partial charge is 0.308 e. The molecule has 1 amide bonds. The molecular formula is C34H67NO5. The summed E-state index contributed by atoms with van der Waals surface area (Å²) >= 11 is 0. The van der Waals surface area contributed by atoms with Crippen LogP contribution in [0.3, 0.4) is 0 Å². The number of amides is 1. The van der Waals surface area contributed by atoms with Crippen LogP contribution in [0, 0.1) is 35.5 Å². The van der Waals surface area contributed by atoms with Crippen molar-refractivity contribution < 1.29 is 23.5 Å². The third kappa shape index (κ3) is 29.2. The second-order valence-corrected chi connectivity index (χ2v) is 13.3. The highest BCUT2D eigenvalue weighted by Gasteiger charge is 2.09. The van der Waals surface area contributed by atoms with Gasteiger partial charge in [-0.1, -0.05) is 111 Å². The summed E-state index contributed by atoms with van der Waals surface area (Å²) in [6, 6.07) is 4.14. The lowest BCUT2D eigenvalue weighted by Gasteiger charge is -2.08. The second-order valence-electron chi connectivity index (χ2n) is 13.3. The van der Waals surface area contributed by atoms with Gasteiger partial charge in [0.15, 0.2) is 0 Å². The Labute approximate surface area is 248 Å². The van der Waals surface area contributed by atoms with Crippen LogP contribution in [0.5, 0.6) is 0 Å². The van der Waals surface area contributed by atoms with Crippen molar-refractivity contribution in [1.82, 2.24) is 5.32 Å². The highest BCUT2D eigenvalue weighted by Crippen LogP contribution is 2.22. The number of hydrogen-bond donors (Lipinski definition) is 1. The van der Waals surface area contributed by atoms with Crippen molar-refractivity contribution in [2.75, 3.05) is 26.4 Å². The Bertz CT molecular complexity index is 672. The fourth-order valence-corrected chi connectivity index (χ4v) is 2.45. The summed E-state index contributed by atoms with van der Waals surface area (Å²) in [6.07, 6.45) is 0. The minimum atomic E-state index is -0.103. The number of rotatable bonds is 12. The normalized spacial score (nSPS) is 11.0. The summed E-state index contributed by atoms with van der Waals surface area (Å²) in [4.78, 5) is 21.8. The van der Waals surface area contributed by atoms with Gasteiger partial charge in [-0.2, -0.15) is 0 Å². The number of hydrogen-bond acceptors (Lipinski definition) is 5. The number of ether oxygens (including phenoxy) is 2. The van der Waals surface area contributed by atoms with Gasteiger partial charge in [-0.15, -0.1) is 0 Å². The Morgan fingerprint density at radius 3 is 1.27 bits per heavy atom. The van der Waals surface area contributed by atoms with Gasteiger partial charge in [0.1, 0.15) is 11.5 Å². The molecule has 1 N–H and O–H groups in total. The van der Waals surface area contributed by atoms with Crippen LogP contribution in [-0.2, 0) is 19.1 Å². The third-order valence-corrected chi connectivity index (χ3v) is 4.93. The Morgan fingerprint density at radius 2 is 1.02 bits per heavy atom. The number of nitrogens with one attached hydrogen (secondary N) is 1. The van der Waals surface area contributed by atoms with Crippen LogP contribution in [-0.4, -0.2) is 38.2 Å². The summed E-state index contributed by atoms with van der Waals surface area (Å²) in [5, 5.41) is 2.84. The molecule has 0 aliphatic rings. The van der Waals surface area contributed by atoms with Crippen molar-refractivity contribution in [1.29, 1.82) is 0 Å². The molecule has 0 fully saturated rings. The zero-order valence-corrected chi connectivity index (χ0v) is 29.1. The second kappa shape index (κ2) is 24.9. The molecule has 0 unspecified atom stereocenters. The standard InChI is InChI=1S/C10H16O.C8H17NO.C8H16O2.C8H18O/c1-7(2)9-5-6-10(11-9)8(3)4;1-6(2)5-9-8(10)7(3)4;1-6(2)5-10-8(9)7(3)4;1-7(2)5-9-6-8(3)4/h5-8H,1-4H3;6-7H,5H2,1-4H3,(H,9,10);6-7H,5H2,1-4H3;7-8H,5-6H2,1-4H3. The zero-order chi connectivity index (χ0) is 32.0. The minimum absolute atomic E-state index is 0.00116. The molecule has 40 heavy (non-hydrogen) atoms. The molecule has 1 heterocycles. The summed E-state index contributed by atoms with van der Waals surface area (Å²) < 4.78 is 15.9. The maximum atomic E-state index is 10.9. The number of carbonyl (C=O) groups is 2. The number of esters is 1. The van der Waals surface area contributed by atoms with Gasteiger partial charge in [0, 0.05) is 37.5 Å². The van der Waals surface area contributed by atoms with Crippen LogP contribution in [0.25, 0.3) is 0 Å². The monoisotopic (exact) mass is 570 g/mol. The van der Waals surface area contributed by atoms with Gasteiger partial charge in [0.25, 0.3) is 0 Å². The Balaban J connectivity index is -0.000000458. The number of carbonyl (C=O) groups excluding carboxylic acids is 2. The van der Waals surface area contributed by atoms with E-state index >= 15 is 0 Å². The van der Waals surface area contributed by atoms with Crippen LogP contribution in [0.4, 0.5) is 0 Å². The first kappa shape index (κ1) is 42.6. The molecule has 6 nitrogen and oxygen atoms in total. The van der Waals surface area contributed by atoms with Crippen LogP contribution in [0.1, 0.15) is 134 Å². The van der Waals surface area contributed by atoms with E-state index in [2.05, 4.69) is 86.7 Å². The molecule has 0 aromatic carbocycles. The Morgan fingerprint density at radius 1 is 0.625 bits per heavy atom. The molecule has 0 aliphatic carbocycles. The molecule has 0 bridgehead atoms. The lowest BCUT2D eigenvalue weighted by atomic mass is 10.1. The predicted molar refractivity (Wildman–Crippen MR) is 171 cm³/mol. The minimum Gasteiger partial charge on any atom is -0.466 e. The van der Waals surface area contributed by atoms with E-state index in [-0.39, 0.29) is 23.7 Å². The first-order valence-electron chi connectivity index (χ1n) is 15.4. The maximum Gasteiger partial charge on any atom is 0.308 e. The molecular weight excluding hydrogens is 502 g/mol. The van der Waals surface area contributed by atoms with E-state index < -0.39 is 0 Å². The lowest BCUT2D eigenvalue weighted by Crippen LogP contribution is -2.30. The largest absolute Gasteiger partial charge is 0.466 e. The van der Waals surface area contributed by atoms with E-state index in [0.717, 1.165) is 31.3 Å². The molecule has 0 saturated carbocycles. The quantitative estimate of drug-likeness (QED) is 0.254. The van der Waals surface area contributed by atoms with Gasteiger partial charge in [-0.25, -0.2) is 0 Å². The average Bonchev–Trinajstić information content (AvgIpc) is 3.33. The van der Waals surface area contributed by atoms with Crippen molar-refractivity contribution in [3.63, 3.8) is 0 Å². The Kier molecular flexibility index (Phi) is 26.6. The summed E-state index contributed by atoms with van der Waals surface area (Å²) in [6.45, 7) is 36.0. The van der Waals surface area contributed by atoms with E-state index in [0.29, 0.717) is 42.1 Å². The first-order valence-corrected chi connectivity index (χ1v) is 15.4. The van der Waals surface area contributed by atoms with Gasteiger partial charge in [0.05, 0.1) is 12.5 Å². The Hall–Kier alpha value is -1.82. The molecule has 1 aromatic heterocycles. The lowest BCUT2D eigenvalue weighted by molar-refractivity contribution is -0.148. The summed E-state index contributed by atoms with van der Waals surface area (Å²) in [5.41, 5.74) is 0. The van der Waals surface area contributed by atoms with Crippen molar-refractivity contribution in [3.8, 4) is 0 Å². The fourth-order valence-electron chi connectivity index (χ4n) is 2.45. The fraction of sp³-hybridized carbons (Fsp3) is 0.824. The van der Waals surface area contributed by atoms with Gasteiger partial charge in [-0.3, -0.25) is 9.59 Å². The number of furan rings is 1. The summed E-state index contributed by atoms with van der Waals surface area (Å²) in [7, 11) is 0. The van der Waals surface area contributed by atoms with E-state index in [9.17, 15) is 9.59 Å². The first-order chi connectivity index (χ1) is 18.3. The van der Waals surface area contributed by atoms with Crippen LogP contribution in [0.15, 0.2) is 16.5 Å². The maximum absolute atomic E-state index is 10.9. The molecule has 1 aromatic rings. The van der Waals surface area contributed by atoms with Gasteiger partial charge in [0.2, 0.25) is 5.91 Å². The van der Waals surface area contributed by atoms with Crippen molar-refractivity contribution >= 4 is 11.9 Å². The van der Waals surface area contributed by atoms with E-state index in [1.807, 2.05) is 41.5 Å². The highest BCUT2D eigenvalue weighted by atomic mass is 16.5. The highest BCUT2D eigenvalue weighted by molar-refractivity contribution is 5.77. The molecule has 1 rings (SSSR count). The van der Waals surface area contributed by atoms with E-state index in [4.69, 9.17) is 13.9 Å². The predicted octanol–water partition coefficient (Wildman–Crippen LogP) is 9.10. The summed E-state index contributed by atoms with van der Waals surface area (Å²) in [5.74, 6) is 5.66. The molecule has 0 radical (unpaired) electrons. The van der Waals surface area contributed by atoms with Crippen molar-refractivity contribution in [2.45, 2.75) is 123 Å². The van der Waals surface area contributed by atoms with E-state index in [1.165, 1.54) is 0 Å². The zero-order valence-electron chi connectivity index (χ0n) is 29.1. The van der Waals surface area contributed by atoms with Gasteiger partial charge < -0.3 is 19.2 Å². The van der Waals surface area contributed by atoms with Crippen LogP contribution in [0.2, 0.25) is 0 Å². The van der Waals surface area contributed by atoms with Gasteiger partial charge in [-0.05, 0) is 35.8 Å². The molecule has 238 valence electrons. The van der Waals surface area contributed by atoms with Crippen LogP contribution < -0.4 is 5.32 Å². The molecule has 0 aliphatic heterocycles. The average molecular weight is 570 g/mol. The molecule has 0 saturated heterocycles. The SMILES string of the molecule is CC(C)CNC(=O)C(C)C.CC(C)COC(=O)C(C)C.CC(C)COCC(C)C.CC(C)c1ccc(C(C)C)o1. The molecule has 6 heteroatoms. The van der Waals surface area contributed by atoms with Crippen LogP contribution >= 0.6 is 0 Å². The van der Waals surface area contributed by atoms with E-state index in [1.54, 1.807) is 0 Å². The third-order valence-electron chi connectivity index (χ3n) is 4.93.